The number of nitrogens with zero attached hydrogens (tertiary/aromatic N) is 5. The Kier molecular flexibility index (Phi) is 6.72. The Morgan fingerprint density at radius 3 is 2.71 bits per heavy atom. The Hall–Kier alpha value is -4.01. The Labute approximate surface area is 198 Å². The Morgan fingerprint density at radius 2 is 1.97 bits per heavy atom. The molecule has 0 aliphatic carbocycles. The number of carbonyl (C=O) groups excluding carboxylic acids is 2. The van der Waals surface area contributed by atoms with Crippen LogP contribution in [-0.2, 0) is 11.3 Å². The molecule has 0 saturated heterocycles. The molecule has 2 aromatic heterocycles. The first-order valence-corrected chi connectivity index (χ1v) is 11.3. The van der Waals surface area contributed by atoms with Crippen molar-refractivity contribution < 1.29 is 14.3 Å². The van der Waals surface area contributed by atoms with E-state index in [1.807, 2.05) is 39.0 Å². The minimum Gasteiger partial charge on any atom is -0.462 e. The Morgan fingerprint density at radius 1 is 1.15 bits per heavy atom. The molecule has 9 nitrogen and oxygen atoms in total. The first-order valence-electron chi connectivity index (χ1n) is 11.3. The van der Waals surface area contributed by atoms with Gasteiger partial charge in [-0.1, -0.05) is 19.4 Å². The average Bonchev–Trinajstić information content (AvgIpc) is 2.83. The monoisotopic (exact) mass is 460 g/mol. The van der Waals surface area contributed by atoms with E-state index in [9.17, 15) is 9.59 Å². The van der Waals surface area contributed by atoms with Gasteiger partial charge in [0.1, 0.15) is 5.82 Å². The highest BCUT2D eigenvalue weighted by atomic mass is 16.5. The smallest absolute Gasteiger partial charge is 0.338 e. The summed E-state index contributed by atoms with van der Waals surface area (Å²) in [6, 6.07) is 8.80. The molecular weight excluding hydrogens is 432 g/mol. The molecule has 0 atom stereocenters. The van der Waals surface area contributed by atoms with Crippen LogP contribution in [0.2, 0.25) is 0 Å². The molecule has 1 aromatic carbocycles. The van der Waals surface area contributed by atoms with Crippen molar-refractivity contribution in [3.05, 3.63) is 65.1 Å². The average molecular weight is 461 g/mol. The largest absolute Gasteiger partial charge is 0.462 e. The number of urea groups is 1. The molecule has 0 bridgehead atoms. The Balaban J connectivity index is 1.58. The molecule has 3 aromatic rings. The number of anilines is 4. The normalized spacial score (nSPS) is 13.0. The molecule has 0 radical (unpaired) electrons. The van der Waals surface area contributed by atoms with Crippen LogP contribution in [0.25, 0.3) is 0 Å². The van der Waals surface area contributed by atoms with Crippen LogP contribution in [0, 0.1) is 13.8 Å². The van der Waals surface area contributed by atoms with E-state index in [1.54, 1.807) is 36.5 Å². The summed E-state index contributed by atoms with van der Waals surface area (Å²) in [7, 11) is 1.68. The number of aryl methyl sites for hydroxylation is 2. The van der Waals surface area contributed by atoms with Gasteiger partial charge in [0.2, 0.25) is 5.95 Å². The molecule has 0 saturated carbocycles. The lowest BCUT2D eigenvalue weighted by molar-refractivity contribution is 0.0499. The zero-order valence-corrected chi connectivity index (χ0v) is 19.8. The fourth-order valence-electron chi connectivity index (χ4n) is 3.65. The van der Waals surface area contributed by atoms with Crippen LogP contribution in [0.5, 0.6) is 0 Å². The van der Waals surface area contributed by atoms with Gasteiger partial charge >= 0.3 is 12.0 Å². The summed E-state index contributed by atoms with van der Waals surface area (Å²) >= 11 is 0. The van der Waals surface area contributed by atoms with Crippen molar-refractivity contribution in [3.8, 4) is 0 Å². The number of amides is 2. The molecule has 34 heavy (non-hydrogen) atoms. The van der Waals surface area contributed by atoms with Crippen LogP contribution in [0.4, 0.5) is 27.9 Å². The fraction of sp³-hybridized carbons (Fsp3) is 0.320. The molecule has 176 valence electrons. The number of unbranched alkanes of at least 4 members (excludes halogenated alkanes) is 1. The molecule has 1 N–H and O–H groups in total. The first-order chi connectivity index (χ1) is 16.4. The second-order valence-electron chi connectivity index (χ2n) is 8.27. The number of esters is 1. The number of fused-ring (bicyclic) bond motifs is 1. The van der Waals surface area contributed by atoms with E-state index >= 15 is 0 Å². The molecule has 1 aliphatic rings. The first kappa shape index (κ1) is 23.2. The van der Waals surface area contributed by atoms with Gasteiger partial charge in [0.15, 0.2) is 0 Å². The van der Waals surface area contributed by atoms with Gasteiger partial charge in [0.05, 0.1) is 30.6 Å². The molecule has 4 rings (SSSR count). The van der Waals surface area contributed by atoms with Gasteiger partial charge < -0.3 is 10.1 Å². The standard InChI is InChI=1S/C25H28N6O3/c1-5-6-11-34-23(32)18-9-7-16(2)21(12-18)31-15-19-13-27-24(29-22(19)30(4)25(31)33)28-20-10-8-17(3)26-14-20/h7-10,12-14H,5-6,11,15H2,1-4H3,(H,27,28,29). The number of carbonyl (C=O) groups is 2. The summed E-state index contributed by atoms with van der Waals surface area (Å²) in [6.07, 6.45) is 5.17. The Bertz CT molecular complexity index is 1210. The van der Waals surface area contributed by atoms with Gasteiger partial charge in [-0.3, -0.25) is 14.8 Å². The highest BCUT2D eigenvalue weighted by Gasteiger charge is 2.32. The number of aromatic nitrogens is 3. The van der Waals surface area contributed by atoms with Gasteiger partial charge in [-0.05, 0) is 50.1 Å². The van der Waals surface area contributed by atoms with Crippen LogP contribution in [-0.4, -0.2) is 40.6 Å². The van der Waals surface area contributed by atoms with Crippen molar-refractivity contribution in [2.75, 3.05) is 28.8 Å². The van der Waals surface area contributed by atoms with Gasteiger partial charge in [0, 0.05) is 30.2 Å². The van der Waals surface area contributed by atoms with Gasteiger partial charge in [-0.15, -0.1) is 0 Å². The topological polar surface area (TPSA) is 101 Å². The van der Waals surface area contributed by atoms with Gasteiger partial charge in [0.25, 0.3) is 0 Å². The lowest BCUT2D eigenvalue weighted by atomic mass is 10.1. The molecule has 9 heteroatoms. The number of ether oxygens (including phenoxy) is 1. The maximum absolute atomic E-state index is 13.3. The van der Waals surface area contributed by atoms with Crippen LogP contribution >= 0.6 is 0 Å². The SMILES string of the molecule is CCCCOC(=O)c1ccc(C)c(N2Cc3cnc(Nc4ccc(C)nc4)nc3N(C)C2=O)c1. The lowest BCUT2D eigenvalue weighted by Crippen LogP contribution is -2.46. The van der Waals surface area contributed by atoms with Gasteiger partial charge in [-0.2, -0.15) is 4.98 Å². The number of rotatable bonds is 7. The molecule has 1 aliphatic heterocycles. The highest BCUT2D eigenvalue weighted by molar-refractivity contribution is 6.06. The summed E-state index contributed by atoms with van der Waals surface area (Å²) in [6.45, 7) is 6.53. The van der Waals surface area contributed by atoms with Crippen LogP contribution < -0.4 is 15.1 Å². The second-order valence-corrected chi connectivity index (χ2v) is 8.27. The third kappa shape index (κ3) is 4.83. The van der Waals surface area contributed by atoms with E-state index in [4.69, 9.17) is 4.74 Å². The van der Waals surface area contributed by atoms with Crippen LogP contribution in [0.3, 0.4) is 0 Å². The maximum Gasteiger partial charge on any atom is 0.338 e. The van der Waals surface area contributed by atoms with Crippen LogP contribution in [0.15, 0.2) is 42.7 Å². The lowest BCUT2D eigenvalue weighted by Gasteiger charge is -2.34. The van der Waals surface area contributed by atoms with E-state index in [0.29, 0.717) is 36.2 Å². The van der Waals surface area contributed by atoms with E-state index in [2.05, 4.69) is 20.3 Å². The zero-order chi connectivity index (χ0) is 24.2. The number of nitrogens with one attached hydrogen (secondary N) is 1. The van der Waals surface area contributed by atoms with E-state index in [-0.39, 0.29) is 6.03 Å². The van der Waals surface area contributed by atoms with Crippen LogP contribution in [0.1, 0.15) is 46.9 Å². The summed E-state index contributed by atoms with van der Waals surface area (Å²) in [5.41, 5.74) is 4.42. The third-order valence-corrected chi connectivity index (χ3v) is 5.64. The minimum absolute atomic E-state index is 0.242. The predicted molar refractivity (Wildman–Crippen MR) is 131 cm³/mol. The van der Waals surface area contributed by atoms with Crippen molar-refractivity contribution >= 4 is 35.1 Å². The minimum atomic E-state index is -0.391. The third-order valence-electron chi connectivity index (χ3n) is 5.64. The van der Waals surface area contributed by atoms with E-state index in [1.165, 1.54) is 4.90 Å². The van der Waals surface area contributed by atoms with Crippen molar-refractivity contribution in [1.82, 2.24) is 15.0 Å². The predicted octanol–water partition coefficient (Wildman–Crippen LogP) is 4.77. The summed E-state index contributed by atoms with van der Waals surface area (Å²) < 4.78 is 5.34. The van der Waals surface area contributed by atoms with E-state index in [0.717, 1.165) is 35.3 Å². The van der Waals surface area contributed by atoms with Gasteiger partial charge in [-0.25, -0.2) is 14.6 Å². The van der Waals surface area contributed by atoms with Crippen molar-refractivity contribution in [3.63, 3.8) is 0 Å². The number of hydrogen-bond donors (Lipinski definition) is 1. The zero-order valence-electron chi connectivity index (χ0n) is 19.8. The summed E-state index contributed by atoms with van der Waals surface area (Å²) in [5, 5.41) is 3.12. The number of pyridine rings is 1. The molecule has 0 fully saturated rings. The molecule has 0 unspecified atom stereocenters. The molecule has 2 amide bonds. The maximum atomic E-state index is 13.3. The fourth-order valence-corrected chi connectivity index (χ4v) is 3.65. The molecular formula is C25H28N6O3. The number of hydrogen-bond acceptors (Lipinski definition) is 7. The quantitative estimate of drug-likeness (QED) is 0.400. The molecule has 3 heterocycles. The second kappa shape index (κ2) is 9.86. The number of benzene rings is 1. The van der Waals surface area contributed by atoms with Crippen molar-refractivity contribution in [1.29, 1.82) is 0 Å². The van der Waals surface area contributed by atoms with Crippen molar-refractivity contribution in [2.45, 2.75) is 40.2 Å². The van der Waals surface area contributed by atoms with E-state index < -0.39 is 5.97 Å². The highest BCUT2D eigenvalue weighted by Crippen LogP contribution is 2.32. The molecule has 0 spiro atoms. The summed E-state index contributed by atoms with van der Waals surface area (Å²) in [4.78, 5) is 42.1. The van der Waals surface area contributed by atoms with Crippen molar-refractivity contribution in [2.24, 2.45) is 0 Å². The summed E-state index contributed by atoms with van der Waals surface area (Å²) in [5.74, 6) is 0.523.